The number of anilines is 1. The highest BCUT2D eigenvalue weighted by molar-refractivity contribution is 7.17. The third-order valence-corrected chi connectivity index (χ3v) is 8.46. The molecule has 3 amide bonds. The van der Waals surface area contributed by atoms with E-state index in [9.17, 15) is 19.2 Å². The number of thiazole rings is 1. The summed E-state index contributed by atoms with van der Waals surface area (Å²) in [5.41, 5.74) is 2.02. The van der Waals surface area contributed by atoms with Crippen LogP contribution in [0.15, 0.2) is 41.9 Å². The molecule has 0 bridgehead atoms. The monoisotopic (exact) mass is 611 g/mol. The number of likely N-dealkylation sites (N-methyl/N-ethyl adjacent to an activating group) is 1. The molecule has 1 unspecified atom stereocenters. The lowest BCUT2D eigenvalue weighted by Crippen LogP contribution is -2.49. The molecule has 14 heteroatoms. The van der Waals surface area contributed by atoms with E-state index in [4.69, 9.17) is 4.74 Å². The van der Waals surface area contributed by atoms with Gasteiger partial charge in [0.2, 0.25) is 5.91 Å². The number of hydrogen-bond donors (Lipinski definition) is 4. The summed E-state index contributed by atoms with van der Waals surface area (Å²) in [5, 5.41) is 17.9. The molecule has 4 aromatic rings. The van der Waals surface area contributed by atoms with Gasteiger partial charge in [-0.25, -0.2) is 9.78 Å². The van der Waals surface area contributed by atoms with E-state index in [1.54, 1.807) is 30.6 Å². The van der Waals surface area contributed by atoms with Gasteiger partial charge in [-0.1, -0.05) is 43.4 Å². The van der Waals surface area contributed by atoms with Crippen molar-refractivity contribution in [3.8, 4) is 0 Å². The average Bonchev–Trinajstić information content (AvgIpc) is 3.75. The maximum absolute atomic E-state index is 13.2. The van der Waals surface area contributed by atoms with E-state index in [-0.39, 0.29) is 41.4 Å². The zero-order chi connectivity index (χ0) is 30.1. The number of carbonyl (C=O) groups excluding carboxylic acids is 4. The quantitative estimate of drug-likeness (QED) is 0.159. The van der Waals surface area contributed by atoms with Crippen molar-refractivity contribution in [2.45, 2.75) is 33.2 Å². The normalized spacial score (nSPS) is 11.8. The van der Waals surface area contributed by atoms with Crippen LogP contribution in [0.1, 0.15) is 44.4 Å². The van der Waals surface area contributed by atoms with E-state index in [0.29, 0.717) is 17.1 Å². The van der Waals surface area contributed by atoms with E-state index in [2.05, 4.69) is 36.0 Å². The fourth-order valence-electron chi connectivity index (χ4n) is 4.20. The summed E-state index contributed by atoms with van der Waals surface area (Å²) in [4.78, 5) is 58.6. The van der Waals surface area contributed by atoms with Crippen LogP contribution in [0.5, 0.6) is 0 Å². The minimum Gasteiger partial charge on any atom is -0.463 e. The Bertz CT molecular complexity index is 1530. The Morgan fingerprint density at radius 1 is 1.10 bits per heavy atom. The van der Waals surface area contributed by atoms with Gasteiger partial charge in [0.1, 0.15) is 17.5 Å². The molecule has 3 aromatic heterocycles. The first-order valence-electron chi connectivity index (χ1n) is 13.5. The van der Waals surface area contributed by atoms with Gasteiger partial charge in [-0.15, -0.1) is 11.3 Å². The minimum absolute atomic E-state index is 0.0996. The summed E-state index contributed by atoms with van der Waals surface area (Å²) >= 11 is 2.27. The fraction of sp³-hybridized carbons (Fsp3) is 0.357. The molecule has 1 aromatic carbocycles. The molecular formula is C28H33N7O5S2. The van der Waals surface area contributed by atoms with Gasteiger partial charge >= 0.3 is 5.97 Å². The number of H-pyrrole nitrogens is 1. The number of hydrogen-bond acceptors (Lipinski definition) is 10. The Morgan fingerprint density at radius 2 is 1.90 bits per heavy atom. The van der Waals surface area contributed by atoms with Gasteiger partial charge in [-0.05, 0) is 43.1 Å². The zero-order valence-electron chi connectivity index (χ0n) is 23.6. The molecule has 0 saturated heterocycles. The van der Waals surface area contributed by atoms with Crippen LogP contribution in [-0.4, -0.2) is 82.6 Å². The van der Waals surface area contributed by atoms with Gasteiger partial charge in [0.25, 0.3) is 11.8 Å². The van der Waals surface area contributed by atoms with Crippen LogP contribution in [-0.2, 0) is 20.7 Å². The van der Waals surface area contributed by atoms with E-state index >= 15 is 0 Å². The first kappa shape index (κ1) is 30.8. The molecule has 0 aliphatic rings. The number of aryl methyl sites for hydroxylation is 1. The summed E-state index contributed by atoms with van der Waals surface area (Å²) in [7, 11) is 0. The van der Waals surface area contributed by atoms with Crippen molar-refractivity contribution in [3.05, 3.63) is 62.9 Å². The molecule has 3 heterocycles. The lowest BCUT2D eigenvalue weighted by atomic mass is 10.1. The van der Waals surface area contributed by atoms with E-state index in [1.807, 2.05) is 32.0 Å². The van der Waals surface area contributed by atoms with Crippen molar-refractivity contribution in [1.82, 2.24) is 30.7 Å². The number of ether oxygens (including phenoxy) is 1. The molecule has 0 aliphatic heterocycles. The number of nitrogens with zero attached hydrogens (tertiary/aromatic N) is 3. The standard InChI is InChI=1S/C28H33N7O5S2/c1-4-35(5-2)11-12-40-27(39)21(16-29-25(37)22-10-7-13-41-22)32-26(38)24-17(3)31-28(42-24)33-23(36)14-18-8-6-9-20-19(18)15-30-34-20/h6-10,13,15,21H,4-5,11-12,14,16H2,1-3H3,(H,29,37)(H,30,34)(H,32,38)(H,31,33,36). The lowest BCUT2D eigenvalue weighted by molar-refractivity contribution is -0.146. The number of amides is 3. The molecule has 0 spiro atoms. The average molecular weight is 612 g/mol. The van der Waals surface area contributed by atoms with Crippen LogP contribution in [0.2, 0.25) is 0 Å². The van der Waals surface area contributed by atoms with Crippen molar-refractivity contribution in [2.75, 3.05) is 38.1 Å². The lowest BCUT2D eigenvalue weighted by Gasteiger charge is -2.20. The Labute approximate surface area is 250 Å². The topological polar surface area (TPSA) is 158 Å². The number of aromatic amines is 1. The summed E-state index contributed by atoms with van der Waals surface area (Å²) in [6.45, 7) is 7.84. The van der Waals surface area contributed by atoms with Crippen LogP contribution in [0, 0.1) is 6.92 Å². The molecule has 0 fully saturated rings. The summed E-state index contributed by atoms with van der Waals surface area (Å²) in [6, 6.07) is 7.85. The number of esters is 1. The number of rotatable bonds is 14. The largest absolute Gasteiger partial charge is 0.463 e. The second kappa shape index (κ2) is 14.7. The smallest absolute Gasteiger partial charge is 0.330 e. The number of benzene rings is 1. The molecule has 4 rings (SSSR count). The summed E-state index contributed by atoms with van der Waals surface area (Å²) in [5.74, 6) is -1.88. The zero-order valence-corrected chi connectivity index (χ0v) is 25.2. The SMILES string of the molecule is CCN(CC)CCOC(=O)C(CNC(=O)c1cccs1)NC(=O)c1sc(NC(=O)Cc2cccc3[nH]ncc23)nc1C. The second-order valence-electron chi connectivity index (χ2n) is 9.31. The molecule has 222 valence electrons. The predicted molar refractivity (Wildman–Crippen MR) is 162 cm³/mol. The summed E-state index contributed by atoms with van der Waals surface area (Å²) < 4.78 is 5.45. The third-order valence-electron chi connectivity index (χ3n) is 6.52. The van der Waals surface area contributed by atoms with E-state index in [1.165, 1.54) is 11.3 Å². The van der Waals surface area contributed by atoms with Crippen LogP contribution in [0.3, 0.4) is 0 Å². The summed E-state index contributed by atoms with van der Waals surface area (Å²) in [6.07, 6.45) is 1.77. The molecule has 0 aliphatic carbocycles. The van der Waals surface area contributed by atoms with Crippen LogP contribution in [0.25, 0.3) is 10.9 Å². The van der Waals surface area contributed by atoms with E-state index < -0.39 is 17.9 Å². The van der Waals surface area contributed by atoms with Crippen molar-refractivity contribution < 1.29 is 23.9 Å². The van der Waals surface area contributed by atoms with Gasteiger partial charge in [-0.3, -0.25) is 19.5 Å². The van der Waals surface area contributed by atoms with Gasteiger partial charge in [0, 0.05) is 18.5 Å². The molecule has 4 N–H and O–H groups in total. The molecule has 1 atom stereocenters. The Balaban J connectivity index is 1.40. The van der Waals surface area contributed by atoms with Crippen LogP contribution >= 0.6 is 22.7 Å². The van der Waals surface area contributed by atoms with Crippen LogP contribution < -0.4 is 16.0 Å². The van der Waals surface area contributed by atoms with Crippen molar-refractivity contribution in [1.29, 1.82) is 0 Å². The highest BCUT2D eigenvalue weighted by Gasteiger charge is 2.26. The van der Waals surface area contributed by atoms with Gasteiger partial charge in [0.15, 0.2) is 5.13 Å². The molecular weight excluding hydrogens is 578 g/mol. The molecule has 42 heavy (non-hydrogen) atoms. The molecule has 12 nitrogen and oxygen atoms in total. The predicted octanol–water partition coefficient (Wildman–Crippen LogP) is 2.98. The number of nitrogens with one attached hydrogen (secondary N) is 4. The number of thiophene rings is 1. The number of carbonyl (C=O) groups is 4. The first-order valence-corrected chi connectivity index (χ1v) is 15.2. The van der Waals surface area contributed by atoms with Crippen LogP contribution in [0.4, 0.5) is 5.13 Å². The van der Waals surface area contributed by atoms with Crippen molar-refractivity contribution in [3.63, 3.8) is 0 Å². The van der Waals surface area contributed by atoms with Gasteiger partial charge < -0.3 is 25.6 Å². The Kier molecular flexibility index (Phi) is 10.8. The highest BCUT2D eigenvalue weighted by atomic mass is 32.1. The Morgan fingerprint density at radius 3 is 2.64 bits per heavy atom. The van der Waals surface area contributed by atoms with Gasteiger partial charge in [0.05, 0.1) is 28.7 Å². The van der Waals surface area contributed by atoms with E-state index in [0.717, 1.165) is 40.9 Å². The maximum Gasteiger partial charge on any atom is 0.330 e. The fourth-order valence-corrected chi connectivity index (χ4v) is 5.73. The van der Waals surface area contributed by atoms with Crippen molar-refractivity contribution >= 4 is 62.4 Å². The second-order valence-corrected chi connectivity index (χ2v) is 11.3. The maximum atomic E-state index is 13.2. The van der Waals surface area contributed by atoms with Crippen molar-refractivity contribution in [2.24, 2.45) is 0 Å². The molecule has 0 radical (unpaired) electrons. The minimum atomic E-state index is -1.13. The number of aromatic nitrogens is 3. The molecule has 0 saturated carbocycles. The first-order chi connectivity index (χ1) is 20.3. The van der Waals surface area contributed by atoms with Gasteiger partial charge in [-0.2, -0.15) is 5.10 Å². The number of fused-ring (bicyclic) bond motifs is 1. The third kappa shape index (κ3) is 7.99. The Hall–Kier alpha value is -4.14. The highest BCUT2D eigenvalue weighted by Crippen LogP contribution is 2.24.